The van der Waals surface area contributed by atoms with Gasteiger partial charge in [-0.05, 0) is 44.4 Å². The van der Waals surface area contributed by atoms with Gasteiger partial charge >= 0.3 is 0 Å². The molecule has 0 aliphatic carbocycles. The Hall–Kier alpha value is -1.60. The molecule has 1 aromatic rings. The molecule has 0 unspecified atom stereocenters. The highest BCUT2D eigenvalue weighted by Crippen LogP contribution is 2.21. The molecule has 0 radical (unpaired) electrons. The van der Waals surface area contributed by atoms with E-state index in [9.17, 15) is 0 Å². The third kappa shape index (κ3) is 2.25. The molecule has 1 aromatic heterocycles. The lowest BCUT2D eigenvalue weighted by molar-refractivity contribution is 0.815. The third-order valence-corrected chi connectivity index (χ3v) is 2.55. The number of rotatable bonds is 3. The first kappa shape index (κ1) is 11.5. The topological polar surface area (TPSA) is 88.7 Å². The second-order valence-electron chi connectivity index (χ2n) is 3.57. The van der Waals surface area contributed by atoms with E-state index in [1.807, 2.05) is 13.8 Å². The van der Waals surface area contributed by atoms with Gasteiger partial charge in [0.05, 0.1) is 5.56 Å². The molecule has 0 saturated carbocycles. The normalized spacial score (nSPS) is 10.0. The molecule has 0 aliphatic rings. The molecule has 0 bridgehead atoms. The van der Waals surface area contributed by atoms with Gasteiger partial charge in [-0.1, -0.05) is 0 Å². The number of nitrogens with two attached hydrogens (primary N) is 2. The summed E-state index contributed by atoms with van der Waals surface area (Å²) < 4.78 is 0. The largest absolute Gasteiger partial charge is 0.383 e. The molecule has 80 valence electrons. The molecule has 0 amide bonds. The van der Waals surface area contributed by atoms with Crippen LogP contribution in [0.5, 0.6) is 0 Å². The molecular weight excluding hydrogens is 188 g/mol. The van der Waals surface area contributed by atoms with E-state index in [0.717, 1.165) is 29.7 Å². The van der Waals surface area contributed by atoms with Crippen LogP contribution in [-0.4, -0.2) is 11.5 Å². The van der Waals surface area contributed by atoms with Crippen molar-refractivity contribution in [3.8, 4) is 6.07 Å². The number of anilines is 1. The highest BCUT2D eigenvalue weighted by molar-refractivity contribution is 5.56. The summed E-state index contributed by atoms with van der Waals surface area (Å²) in [5.74, 6) is 0.323. The Labute approximate surface area is 89.9 Å². The molecule has 15 heavy (non-hydrogen) atoms. The first-order chi connectivity index (χ1) is 7.11. The number of aryl methyl sites for hydroxylation is 1. The van der Waals surface area contributed by atoms with Crippen molar-refractivity contribution in [1.29, 1.82) is 5.26 Å². The van der Waals surface area contributed by atoms with Crippen molar-refractivity contribution in [1.82, 2.24) is 4.98 Å². The van der Waals surface area contributed by atoms with Crippen molar-refractivity contribution in [3.05, 3.63) is 22.4 Å². The maximum Gasteiger partial charge on any atom is 0.141 e. The van der Waals surface area contributed by atoms with E-state index in [1.165, 1.54) is 0 Å². The van der Waals surface area contributed by atoms with Crippen LogP contribution in [0.3, 0.4) is 0 Å². The summed E-state index contributed by atoms with van der Waals surface area (Å²) in [5.41, 5.74) is 14.6. The van der Waals surface area contributed by atoms with Crippen molar-refractivity contribution in [2.75, 3.05) is 12.3 Å². The Morgan fingerprint density at radius 2 is 2.07 bits per heavy atom. The van der Waals surface area contributed by atoms with Crippen LogP contribution in [0, 0.1) is 25.2 Å². The highest BCUT2D eigenvalue weighted by Gasteiger charge is 2.11. The minimum Gasteiger partial charge on any atom is -0.383 e. The molecule has 1 heterocycles. The SMILES string of the molecule is Cc1nc(N)c(C#N)c(C)c1CCCN. The van der Waals surface area contributed by atoms with Gasteiger partial charge in [0.25, 0.3) is 0 Å². The molecule has 0 spiro atoms. The average Bonchev–Trinajstić information content (AvgIpc) is 2.17. The molecular formula is C11H16N4. The fourth-order valence-electron chi connectivity index (χ4n) is 1.71. The van der Waals surface area contributed by atoms with Crippen LogP contribution in [0.2, 0.25) is 0 Å². The van der Waals surface area contributed by atoms with E-state index in [0.29, 0.717) is 17.9 Å². The van der Waals surface area contributed by atoms with Crippen molar-refractivity contribution in [2.45, 2.75) is 26.7 Å². The van der Waals surface area contributed by atoms with E-state index < -0.39 is 0 Å². The van der Waals surface area contributed by atoms with Crippen LogP contribution < -0.4 is 11.5 Å². The molecule has 1 rings (SSSR count). The number of nitrogen functional groups attached to an aromatic ring is 1. The predicted molar refractivity (Wildman–Crippen MR) is 60.2 cm³/mol. The summed E-state index contributed by atoms with van der Waals surface area (Å²) in [7, 11) is 0. The van der Waals surface area contributed by atoms with Gasteiger partial charge in [-0.15, -0.1) is 0 Å². The van der Waals surface area contributed by atoms with Gasteiger partial charge in [0, 0.05) is 5.69 Å². The minimum atomic E-state index is 0.323. The molecule has 4 N–H and O–H groups in total. The van der Waals surface area contributed by atoms with Gasteiger partial charge in [0.15, 0.2) is 0 Å². The number of hydrogen-bond acceptors (Lipinski definition) is 4. The van der Waals surface area contributed by atoms with Crippen molar-refractivity contribution in [2.24, 2.45) is 5.73 Å². The number of nitriles is 1. The van der Waals surface area contributed by atoms with E-state index in [4.69, 9.17) is 16.7 Å². The van der Waals surface area contributed by atoms with Gasteiger partial charge in [0.2, 0.25) is 0 Å². The number of hydrogen-bond donors (Lipinski definition) is 2. The van der Waals surface area contributed by atoms with E-state index in [2.05, 4.69) is 11.1 Å². The maximum atomic E-state index is 8.95. The van der Waals surface area contributed by atoms with E-state index in [1.54, 1.807) is 0 Å². The molecule has 0 aliphatic heterocycles. The summed E-state index contributed by atoms with van der Waals surface area (Å²) in [6.45, 7) is 4.47. The lowest BCUT2D eigenvalue weighted by Gasteiger charge is -2.11. The smallest absolute Gasteiger partial charge is 0.141 e. The zero-order chi connectivity index (χ0) is 11.4. The minimum absolute atomic E-state index is 0.323. The molecule has 0 aromatic carbocycles. The van der Waals surface area contributed by atoms with E-state index >= 15 is 0 Å². The van der Waals surface area contributed by atoms with Gasteiger partial charge in [0.1, 0.15) is 11.9 Å². The fourth-order valence-corrected chi connectivity index (χ4v) is 1.71. The van der Waals surface area contributed by atoms with Crippen LogP contribution in [0.25, 0.3) is 0 Å². The van der Waals surface area contributed by atoms with Gasteiger partial charge in [-0.2, -0.15) is 5.26 Å². The Bertz CT molecular complexity index is 404. The van der Waals surface area contributed by atoms with Gasteiger partial charge < -0.3 is 11.5 Å². The maximum absolute atomic E-state index is 8.95. The van der Waals surface area contributed by atoms with Crippen molar-refractivity contribution >= 4 is 5.82 Å². The quantitative estimate of drug-likeness (QED) is 0.770. The van der Waals surface area contributed by atoms with Crippen LogP contribution >= 0.6 is 0 Å². The van der Waals surface area contributed by atoms with Crippen molar-refractivity contribution in [3.63, 3.8) is 0 Å². The Morgan fingerprint density at radius 3 is 2.60 bits per heavy atom. The zero-order valence-electron chi connectivity index (χ0n) is 9.17. The van der Waals surface area contributed by atoms with Crippen LogP contribution in [-0.2, 0) is 6.42 Å². The summed E-state index contributed by atoms with van der Waals surface area (Å²) in [4.78, 5) is 4.17. The van der Waals surface area contributed by atoms with Gasteiger partial charge in [-0.3, -0.25) is 0 Å². The molecule has 0 saturated heterocycles. The lowest BCUT2D eigenvalue weighted by atomic mass is 9.98. The van der Waals surface area contributed by atoms with Crippen LogP contribution in [0.4, 0.5) is 5.82 Å². The van der Waals surface area contributed by atoms with Gasteiger partial charge in [-0.25, -0.2) is 4.98 Å². The fraction of sp³-hybridized carbons (Fsp3) is 0.455. The Morgan fingerprint density at radius 1 is 1.40 bits per heavy atom. The molecule has 0 atom stereocenters. The Balaban J connectivity index is 3.21. The lowest BCUT2D eigenvalue weighted by Crippen LogP contribution is -2.08. The monoisotopic (exact) mass is 204 g/mol. The zero-order valence-corrected chi connectivity index (χ0v) is 9.17. The molecule has 4 nitrogen and oxygen atoms in total. The third-order valence-electron chi connectivity index (χ3n) is 2.55. The summed E-state index contributed by atoms with van der Waals surface area (Å²) in [6.07, 6.45) is 1.76. The summed E-state index contributed by atoms with van der Waals surface area (Å²) in [6, 6.07) is 2.09. The van der Waals surface area contributed by atoms with Crippen LogP contribution in [0.15, 0.2) is 0 Å². The molecule has 0 fully saturated rings. The summed E-state index contributed by atoms with van der Waals surface area (Å²) in [5, 5.41) is 8.95. The van der Waals surface area contributed by atoms with E-state index in [-0.39, 0.29) is 0 Å². The first-order valence-corrected chi connectivity index (χ1v) is 4.97. The predicted octanol–water partition coefficient (Wildman–Crippen LogP) is 1.04. The average molecular weight is 204 g/mol. The standard InChI is InChI=1S/C11H16N4/c1-7-9(4-3-5-12)8(2)15-11(14)10(7)6-13/h3-5,12H2,1-2H3,(H2,14,15). The number of aromatic nitrogens is 1. The second-order valence-corrected chi connectivity index (χ2v) is 3.57. The number of pyridine rings is 1. The van der Waals surface area contributed by atoms with Crippen LogP contribution in [0.1, 0.15) is 28.8 Å². The first-order valence-electron chi connectivity index (χ1n) is 4.97. The summed E-state index contributed by atoms with van der Waals surface area (Å²) >= 11 is 0. The second kappa shape index (κ2) is 4.76. The van der Waals surface area contributed by atoms with Crippen molar-refractivity contribution < 1.29 is 0 Å². The molecule has 4 heteroatoms. The number of nitrogens with zero attached hydrogens (tertiary/aromatic N) is 2. The highest BCUT2D eigenvalue weighted by atomic mass is 14.8. The Kier molecular flexibility index (Phi) is 3.64.